The van der Waals surface area contributed by atoms with Crippen LogP contribution in [0.4, 0.5) is 0 Å². The minimum Gasteiger partial charge on any atom is -0.309 e. The molecule has 0 saturated carbocycles. The smallest absolute Gasteiger partial charge is 0.266 e. The van der Waals surface area contributed by atoms with Gasteiger partial charge in [0, 0.05) is 12.7 Å². The zero-order valence-corrected chi connectivity index (χ0v) is 12.6. The largest absolute Gasteiger partial charge is 0.309 e. The van der Waals surface area contributed by atoms with Crippen LogP contribution in [0.1, 0.15) is 29.4 Å². The maximum absolute atomic E-state index is 11.3. The van der Waals surface area contributed by atoms with Crippen LogP contribution in [-0.2, 0) is 6.54 Å². The number of pyridine rings is 1. The zero-order valence-electron chi connectivity index (χ0n) is 12.6. The summed E-state index contributed by atoms with van der Waals surface area (Å²) in [4.78, 5) is 20.2. The van der Waals surface area contributed by atoms with Gasteiger partial charge in [-0.2, -0.15) is 0 Å². The van der Waals surface area contributed by atoms with Gasteiger partial charge in [-0.15, -0.1) is 0 Å². The topological polar surface area (TPSA) is 74.5 Å². The lowest BCUT2D eigenvalue weighted by atomic mass is 10.2. The Labute approximate surface area is 120 Å². The number of nitrogens with one attached hydrogen (secondary N) is 1. The number of hydrogen-bond donors (Lipinski definition) is 2. The number of nitrogens with two attached hydrogens (primary N) is 1. The maximum Gasteiger partial charge on any atom is 0.266 e. The Morgan fingerprint density at radius 3 is 2.60 bits per heavy atom. The number of nitrogen functional groups attached to an aromatic ring is 1. The summed E-state index contributed by atoms with van der Waals surface area (Å²) in [7, 11) is 4.16. The van der Waals surface area contributed by atoms with Gasteiger partial charge in [-0.3, -0.25) is 20.1 Å². The summed E-state index contributed by atoms with van der Waals surface area (Å²) in [5.74, 6) is 4.77. The van der Waals surface area contributed by atoms with Gasteiger partial charge in [0.05, 0.1) is 11.3 Å². The first-order valence-electron chi connectivity index (χ1n) is 6.89. The molecule has 0 unspecified atom stereocenters. The van der Waals surface area contributed by atoms with Crippen molar-refractivity contribution in [2.75, 3.05) is 33.7 Å². The van der Waals surface area contributed by atoms with Gasteiger partial charge in [0.2, 0.25) is 0 Å². The van der Waals surface area contributed by atoms with Gasteiger partial charge in [0.25, 0.3) is 5.91 Å². The zero-order chi connectivity index (χ0) is 15.0. The molecule has 0 aromatic carbocycles. The van der Waals surface area contributed by atoms with E-state index in [0.29, 0.717) is 5.56 Å². The van der Waals surface area contributed by atoms with Crippen molar-refractivity contribution in [2.24, 2.45) is 5.84 Å². The van der Waals surface area contributed by atoms with Crippen LogP contribution in [0.5, 0.6) is 0 Å². The van der Waals surface area contributed by atoms with E-state index in [1.807, 2.05) is 6.07 Å². The van der Waals surface area contributed by atoms with Crippen molar-refractivity contribution in [3.8, 4) is 0 Å². The van der Waals surface area contributed by atoms with Gasteiger partial charge in [0.15, 0.2) is 0 Å². The third-order valence-electron chi connectivity index (χ3n) is 3.13. The van der Waals surface area contributed by atoms with Crippen molar-refractivity contribution in [3.63, 3.8) is 0 Å². The van der Waals surface area contributed by atoms with Gasteiger partial charge < -0.3 is 4.90 Å². The first-order valence-corrected chi connectivity index (χ1v) is 6.89. The maximum atomic E-state index is 11.3. The van der Waals surface area contributed by atoms with Crippen LogP contribution in [-0.4, -0.2) is 54.4 Å². The van der Waals surface area contributed by atoms with Gasteiger partial charge in [-0.25, -0.2) is 5.84 Å². The highest BCUT2D eigenvalue weighted by molar-refractivity contribution is 5.93. The highest BCUT2D eigenvalue weighted by Gasteiger charge is 2.07. The van der Waals surface area contributed by atoms with Gasteiger partial charge in [-0.1, -0.05) is 6.92 Å². The summed E-state index contributed by atoms with van der Waals surface area (Å²) in [6, 6.07) is 3.62. The molecule has 0 aliphatic rings. The second-order valence-electron chi connectivity index (χ2n) is 5.04. The third kappa shape index (κ3) is 5.64. The molecule has 6 heteroatoms. The summed E-state index contributed by atoms with van der Waals surface area (Å²) >= 11 is 0. The lowest BCUT2D eigenvalue weighted by Gasteiger charge is -2.21. The Balaban J connectivity index is 2.50. The SMILES string of the molecule is CCN(CCCN(C)C)Cc1ccc(C(=O)NN)cn1. The van der Waals surface area contributed by atoms with Crippen molar-refractivity contribution < 1.29 is 4.79 Å². The Hall–Kier alpha value is -1.50. The minimum atomic E-state index is -0.317. The summed E-state index contributed by atoms with van der Waals surface area (Å²) in [6.07, 6.45) is 2.69. The predicted molar refractivity (Wildman–Crippen MR) is 80.0 cm³/mol. The van der Waals surface area contributed by atoms with E-state index in [0.717, 1.165) is 38.3 Å². The molecule has 0 fully saturated rings. The van der Waals surface area contributed by atoms with E-state index in [4.69, 9.17) is 5.84 Å². The summed E-state index contributed by atoms with van der Waals surface area (Å²) in [5.41, 5.74) is 3.54. The first-order chi connectivity index (χ1) is 9.56. The minimum absolute atomic E-state index is 0.317. The van der Waals surface area contributed by atoms with Gasteiger partial charge in [-0.05, 0) is 52.3 Å². The fourth-order valence-corrected chi connectivity index (χ4v) is 1.92. The summed E-state index contributed by atoms with van der Waals surface area (Å²) in [6.45, 7) is 6.06. The Morgan fingerprint density at radius 2 is 2.10 bits per heavy atom. The van der Waals surface area contributed by atoms with E-state index in [2.05, 4.69) is 41.2 Å². The quantitative estimate of drug-likeness (QED) is 0.411. The van der Waals surface area contributed by atoms with Crippen molar-refractivity contribution >= 4 is 5.91 Å². The molecule has 0 aliphatic carbocycles. The predicted octanol–water partition coefficient (Wildman–Crippen LogP) is 0.459. The van der Waals surface area contributed by atoms with Crippen molar-refractivity contribution in [2.45, 2.75) is 19.9 Å². The van der Waals surface area contributed by atoms with Gasteiger partial charge in [0.1, 0.15) is 0 Å². The second-order valence-corrected chi connectivity index (χ2v) is 5.04. The summed E-state index contributed by atoms with van der Waals surface area (Å²) in [5, 5.41) is 0. The molecule has 0 aliphatic heterocycles. The number of hydrogen-bond acceptors (Lipinski definition) is 5. The van der Waals surface area contributed by atoms with Crippen LogP contribution in [0, 0.1) is 0 Å². The molecule has 0 spiro atoms. The lowest BCUT2D eigenvalue weighted by molar-refractivity contribution is 0.0953. The molecule has 20 heavy (non-hydrogen) atoms. The highest BCUT2D eigenvalue weighted by atomic mass is 16.2. The van der Waals surface area contributed by atoms with Crippen LogP contribution >= 0.6 is 0 Å². The van der Waals surface area contributed by atoms with Crippen molar-refractivity contribution in [1.82, 2.24) is 20.2 Å². The number of aromatic nitrogens is 1. The Bertz CT molecular complexity index is 405. The standard InChI is InChI=1S/C14H25N5O/c1-4-19(9-5-8-18(2)3)11-13-7-6-12(10-16-13)14(20)17-15/h6-7,10H,4-5,8-9,11,15H2,1-3H3,(H,17,20). The fraction of sp³-hybridized carbons (Fsp3) is 0.571. The number of amides is 1. The van der Waals surface area contributed by atoms with Crippen LogP contribution in [0.15, 0.2) is 18.3 Å². The lowest BCUT2D eigenvalue weighted by Crippen LogP contribution is -2.30. The van der Waals surface area contributed by atoms with Crippen molar-refractivity contribution in [3.05, 3.63) is 29.6 Å². The van der Waals surface area contributed by atoms with E-state index in [1.165, 1.54) is 0 Å². The monoisotopic (exact) mass is 279 g/mol. The number of carbonyl (C=O) groups excluding carboxylic acids is 1. The van der Waals surface area contributed by atoms with Gasteiger partial charge >= 0.3 is 0 Å². The molecular weight excluding hydrogens is 254 g/mol. The molecule has 0 saturated heterocycles. The Morgan fingerprint density at radius 1 is 1.35 bits per heavy atom. The average Bonchev–Trinajstić information content (AvgIpc) is 2.45. The van der Waals surface area contributed by atoms with Crippen LogP contribution in [0.25, 0.3) is 0 Å². The molecule has 1 rings (SSSR count). The third-order valence-corrected chi connectivity index (χ3v) is 3.13. The fourth-order valence-electron chi connectivity index (χ4n) is 1.92. The molecule has 0 atom stereocenters. The summed E-state index contributed by atoms with van der Waals surface area (Å²) < 4.78 is 0. The van der Waals surface area contributed by atoms with E-state index in [1.54, 1.807) is 12.3 Å². The molecule has 1 aromatic rings. The number of rotatable bonds is 8. The first kappa shape index (κ1) is 16.6. The molecule has 112 valence electrons. The second kappa shape index (κ2) is 8.63. The highest BCUT2D eigenvalue weighted by Crippen LogP contribution is 2.05. The van der Waals surface area contributed by atoms with Crippen LogP contribution < -0.4 is 11.3 Å². The molecule has 0 radical (unpaired) electrons. The van der Waals surface area contributed by atoms with E-state index in [9.17, 15) is 4.79 Å². The molecule has 3 N–H and O–H groups in total. The molecule has 6 nitrogen and oxygen atoms in total. The average molecular weight is 279 g/mol. The van der Waals surface area contributed by atoms with Crippen LogP contribution in [0.3, 0.4) is 0 Å². The van der Waals surface area contributed by atoms with E-state index in [-0.39, 0.29) is 5.91 Å². The molecule has 1 aromatic heterocycles. The number of hydrazine groups is 1. The molecular formula is C14H25N5O. The Kier molecular flexibility index (Phi) is 7.14. The van der Waals surface area contributed by atoms with Crippen LogP contribution in [0.2, 0.25) is 0 Å². The number of nitrogens with zero attached hydrogens (tertiary/aromatic N) is 3. The number of carbonyl (C=O) groups is 1. The van der Waals surface area contributed by atoms with Crippen molar-refractivity contribution in [1.29, 1.82) is 0 Å². The normalized spacial score (nSPS) is 11.1. The van der Waals surface area contributed by atoms with E-state index >= 15 is 0 Å². The molecule has 1 amide bonds. The molecule has 0 bridgehead atoms. The molecule has 1 heterocycles. The van der Waals surface area contributed by atoms with E-state index < -0.39 is 0 Å².